The van der Waals surface area contributed by atoms with Gasteiger partial charge >= 0.3 is 6.09 Å². The van der Waals surface area contributed by atoms with E-state index in [-0.39, 0.29) is 17.4 Å². The Bertz CT molecular complexity index is 269. The SMILES string of the molecule is CC(C)(C)OC(=O)NCC(CN)C1(C)COC1. The maximum atomic E-state index is 11.5. The summed E-state index contributed by atoms with van der Waals surface area (Å²) in [4.78, 5) is 11.5. The van der Waals surface area contributed by atoms with E-state index in [1.54, 1.807) is 0 Å². The van der Waals surface area contributed by atoms with Crippen molar-refractivity contribution in [1.82, 2.24) is 5.32 Å². The van der Waals surface area contributed by atoms with Crippen LogP contribution in [0, 0.1) is 11.3 Å². The number of amides is 1. The Morgan fingerprint density at radius 1 is 1.53 bits per heavy atom. The van der Waals surface area contributed by atoms with E-state index in [0.29, 0.717) is 26.3 Å². The van der Waals surface area contributed by atoms with Gasteiger partial charge in [0.05, 0.1) is 13.2 Å². The van der Waals surface area contributed by atoms with Gasteiger partial charge in [0, 0.05) is 12.0 Å². The lowest BCUT2D eigenvalue weighted by Gasteiger charge is -2.44. The summed E-state index contributed by atoms with van der Waals surface area (Å²) in [7, 11) is 0. The summed E-state index contributed by atoms with van der Waals surface area (Å²) in [5.74, 6) is 0.226. The second kappa shape index (κ2) is 5.23. The molecule has 0 aromatic heterocycles. The number of alkyl carbamates (subject to hydrolysis) is 1. The molecule has 5 nitrogen and oxygen atoms in total. The predicted octanol–water partition coefficient (Wildman–Crippen LogP) is 1.12. The van der Waals surface area contributed by atoms with Gasteiger partial charge in [-0.15, -0.1) is 0 Å². The number of nitrogens with one attached hydrogen (secondary N) is 1. The van der Waals surface area contributed by atoms with E-state index in [1.807, 2.05) is 20.8 Å². The predicted molar refractivity (Wildman–Crippen MR) is 65.7 cm³/mol. The molecule has 0 radical (unpaired) electrons. The van der Waals surface area contributed by atoms with Crippen molar-refractivity contribution in [2.45, 2.75) is 33.3 Å². The van der Waals surface area contributed by atoms with Gasteiger partial charge < -0.3 is 20.5 Å². The smallest absolute Gasteiger partial charge is 0.407 e. The van der Waals surface area contributed by atoms with E-state index in [9.17, 15) is 4.79 Å². The lowest BCUT2D eigenvalue weighted by molar-refractivity contribution is -0.131. The molecule has 1 fully saturated rings. The van der Waals surface area contributed by atoms with Crippen LogP contribution in [0.3, 0.4) is 0 Å². The van der Waals surface area contributed by atoms with Crippen molar-refractivity contribution >= 4 is 6.09 Å². The number of ether oxygens (including phenoxy) is 2. The Morgan fingerprint density at radius 2 is 2.12 bits per heavy atom. The van der Waals surface area contributed by atoms with Crippen molar-refractivity contribution in [3.8, 4) is 0 Å². The fourth-order valence-corrected chi connectivity index (χ4v) is 1.79. The quantitative estimate of drug-likeness (QED) is 0.777. The van der Waals surface area contributed by atoms with Crippen LogP contribution in [0.1, 0.15) is 27.7 Å². The van der Waals surface area contributed by atoms with E-state index < -0.39 is 5.60 Å². The van der Waals surface area contributed by atoms with Crippen molar-refractivity contribution in [3.05, 3.63) is 0 Å². The van der Waals surface area contributed by atoms with Crippen LogP contribution in [-0.4, -0.2) is 38.0 Å². The molecule has 0 aromatic rings. The highest BCUT2D eigenvalue weighted by Crippen LogP contribution is 2.34. The zero-order valence-electron chi connectivity index (χ0n) is 11.2. The van der Waals surface area contributed by atoms with Crippen LogP contribution < -0.4 is 11.1 Å². The lowest BCUT2D eigenvalue weighted by Crippen LogP contribution is -2.52. The number of carbonyl (C=O) groups excluding carboxylic acids is 1. The van der Waals surface area contributed by atoms with Crippen molar-refractivity contribution in [1.29, 1.82) is 0 Å². The number of rotatable bonds is 4. The molecule has 1 amide bonds. The molecule has 1 rings (SSSR count). The zero-order chi connectivity index (χ0) is 13.1. The van der Waals surface area contributed by atoms with Crippen LogP contribution in [0.5, 0.6) is 0 Å². The molecule has 0 aromatic carbocycles. The van der Waals surface area contributed by atoms with Gasteiger partial charge in [-0.25, -0.2) is 4.79 Å². The summed E-state index contributed by atoms with van der Waals surface area (Å²) < 4.78 is 10.4. The van der Waals surface area contributed by atoms with E-state index in [2.05, 4.69) is 12.2 Å². The molecular formula is C12H24N2O3. The van der Waals surface area contributed by atoms with Crippen molar-refractivity contribution in [2.75, 3.05) is 26.3 Å². The second-order valence-corrected chi connectivity index (χ2v) is 5.96. The largest absolute Gasteiger partial charge is 0.444 e. The van der Waals surface area contributed by atoms with Crippen LogP contribution >= 0.6 is 0 Å². The second-order valence-electron chi connectivity index (χ2n) is 5.96. The molecule has 1 saturated heterocycles. The molecular weight excluding hydrogens is 220 g/mol. The third kappa shape index (κ3) is 4.16. The van der Waals surface area contributed by atoms with Crippen molar-refractivity contribution in [2.24, 2.45) is 17.1 Å². The van der Waals surface area contributed by atoms with Crippen LogP contribution in [-0.2, 0) is 9.47 Å². The molecule has 1 aliphatic rings. The summed E-state index contributed by atoms with van der Waals surface area (Å²) in [5.41, 5.74) is 5.35. The first-order chi connectivity index (χ1) is 7.77. The normalized spacial score (nSPS) is 20.3. The highest BCUT2D eigenvalue weighted by molar-refractivity contribution is 5.67. The van der Waals surface area contributed by atoms with Crippen molar-refractivity contribution in [3.63, 3.8) is 0 Å². The Morgan fingerprint density at radius 3 is 2.47 bits per heavy atom. The van der Waals surface area contributed by atoms with Crippen molar-refractivity contribution < 1.29 is 14.3 Å². The van der Waals surface area contributed by atoms with Crippen LogP contribution in [0.15, 0.2) is 0 Å². The highest BCUT2D eigenvalue weighted by Gasteiger charge is 2.40. The van der Waals surface area contributed by atoms with Gasteiger partial charge in [-0.1, -0.05) is 6.92 Å². The minimum absolute atomic E-state index is 0.0871. The van der Waals surface area contributed by atoms with Gasteiger partial charge in [0.2, 0.25) is 0 Å². The summed E-state index contributed by atoms with van der Waals surface area (Å²) in [6.45, 7) is 10.2. The van der Waals surface area contributed by atoms with Gasteiger partial charge in [-0.3, -0.25) is 0 Å². The van der Waals surface area contributed by atoms with Gasteiger partial charge in [-0.05, 0) is 33.2 Å². The van der Waals surface area contributed by atoms with Crippen LogP contribution in [0.4, 0.5) is 4.79 Å². The maximum absolute atomic E-state index is 11.5. The first-order valence-corrected chi connectivity index (χ1v) is 6.01. The molecule has 3 N–H and O–H groups in total. The standard InChI is InChI=1S/C12H24N2O3/c1-11(2,3)17-10(15)14-6-9(5-13)12(4)7-16-8-12/h9H,5-8,13H2,1-4H3,(H,14,15). The Kier molecular flexibility index (Phi) is 4.38. The van der Waals surface area contributed by atoms with E-state index in [4.69, 9.17) is 15.2 Å². The Labute approximate surface area is 103 Å². The summed E-state index contributed by atoms with van der Waals surface area (Å²) in [6, 6.07) is 0. The molecule has 0 saturated carbocycles. The molecule has 17 heavy (non-hydrogen) atoms. The molecule has 1 aliphatic heterocycles. The van der Waals surface area contributed by atoms with Gasteiger partial charge in [0.15, 0.2) is 0 Å². The summed E-state index contributed by atoms with van der Waals surface area (Å²) in [5, 5.41) is 2.77. The minimum atomic E-state index is -0.466. The minimum Gasteiger partial charge on any atom is -0.444 e. The molecule has 0 bridgehead atoms. The van der Waals surface area contributed by atoms with E-state index >= 15 is 0 Å². The lowest BCUT2D eigenvalue weighted by atomic mass is 9.75. The fraction of sp³-hybridized carbons (Fsp3) is 0.917. The van der Waals surface area contributed by atoms with Gasteiger partial charge in [0.1, 0.15) is 5.60 Å². The molecule has 100 valence electrons. The number of carbonyl (C=O) groups is 1. The molecule has 1 heterocycles. The number of hydrogen-bond donors (Lipinski definition) is 2. The Hall–Kier alpha value is -0.810. The van der Waals surface area contributed by atoms with Crippen LogP contribution in [0.25, 0.3) is 0 Å². The molecule has 0 spiro atoms. The summed E-state index contributed by atoms with van der Waals surface area (Å²) >= 11 is 0. The third-order valence-corrected chi connectivity index (χ3v) is 3.03. The third-order valence-electron chi connectivity index (χ3n) is 3.03. The fourth-order valence-electron chi connectivity index (χ4n) is 1.79. The topological polar surface area (TPSA) is 73.6 Å². The first kappa shape index (κ1) is 14.3. The molecule has 1 atom stereocenters. The zero-order valence-corrected chi connectivity index (χ0v) is 11.2. The average Bonchev–Trinajstić information content (AvgIpc) is 2.13. The number of hydrogen-bond acceptors (Lipinski definition) is 4. The molecule has 0 aliphatic carbocycles. The monoisotopic (exact) mass is 244 g/mol. The summed E-state index contributed by atoms with van der Waals surface area (Å²) in [6.07, 6.45) is -0.389. The highest BCUT2D eigenvalue weighted by atomic mass is 16.6. The average molecular weight is 244 g/mol. The first-order valence-electron chi connectivity index (χ1n) is 6.01. The van der Waals surface area contributed by atoms with E-state index in [1.165, 1.54) is 0 Å². The molecule has 1 unspecified atom stereocenters. The maximum Gasteiger partial charge on any atom is 0.407 e. The van der Waals surface area contributed by atoms with E-state index in [0.717, 1.165) is 0 Å². The Balaban J connectivity index is 2.35. The van der Waals surface area contributed by atoms with Gasteiger partial charge in [-0.2, -0.15) is 0 Å². The number of nitrogens with two attached hydrogens (primary N) is 1. The molecule has 5 heteroatoms. The van der Waals surface area contributed by atoms with Crippen LogP contribution in [0.2, 0.25) is 0 Å². The van der Waals surface area contributed by atoms with Gasteiger partial charge in [0.25, 0.3) is 0 Å².